The van der Waals surface area contributed by atoms with Crippen LogP contribution in [0.3, 0.4) is 0 Å². The van der Waals surface area contributed by atoms with E-state index in [1.807, 2.05) is 53.4 Å². The molecule has 1 aliphatic heterocycles. The van der Waals surface area contributed by atoms with Crippen molar-refractivity contribution in [3.8, 4) is 11.5 Å². The third-order valence-electron chi connectivity index (χ3n) is 6.58. The molecule has 0 bridgehead atoms. The molecule has 0 saturated carbocycles. The summed E-state index contributed by atoms with van der Waals surface area (Å²) < 4.78 is 13.7. The summed E-state index contributed by atoms with van der Waals surface area (Å²) in [5, 5.41) is 0.529. The molecule has 35 heavy (non-hydrogen) atoms. The van der Waals surface area contributed by atoms with E-state index in [0.29, 0.717) is 41.9 Å². The number of rotatable bonds is 7. The van der Waals surface area contributed by atoms with Crippen LogP contribution in [0.15, 0.2) is 72.8 Å². The van der Waals surface area contributed by atoms with Crippen LogP contribution in [0.4, 0.5) is 0 Å². The van der Waals surface area contributed by atoms with Crippen LogP contribution in [0.2, 0.25) is 5.02 Å². The van der Waals surface area contributed by atoms with E-state index >= 15 is 0 Å². The van der Waals surface area contributed by atoms with Crippen molar-refractivity contribution in [2.45, 2.75) is 26.0 Å². The fourth-order valence-electron chi connectivity index (χ4n) is 4.70. The minimum absolute atomic E-state index is 0.0344. The van der Waals surface area contributed by atoms with Crippen molar-refractivity contribution in [3.63, 3.8) is 0 Å². The van der Waals surface area contributed by atoms with Gasteiger partial charge in [0.05, 0.1) is 23.7 Å². The van der Waals surface area contributed by atoms with Gasteiger partial charge in [-0.3, -0.25) is 4.79 Å². The first-order chi connectivity index (χ1) is 17.1. The van der Waals surface area contributed by atoms with E-state index in [4.69, 9.17) is 26.1 Å². The average Bonchev–Trinajstić information content (AvgIpc) is 3.25. The number of para-hydroxylation sites is 3. The first kappa shape index (κ1) is 23.2. The molecule has 0 unspecified atom stereocenters. The Morgan fingerprint density at radius 2 is 1.77 bits per heavy atom. The largest absolute Gasteiger partial charge is 0.496 e. The van der Waals surface area contributed by atoms with Gasteiger partial charge < -0.3 is 18.9 Å². The maximum atomic E-state index is 13.2. The number of imidazole rings is 1. The number of halogens is 1. The second kappa shape index (κ2) is 10.4. The number of ether oxygens (including phenoxy) is 2. The third kappa shape index (κ3) is 5.13. The van der Waals surface area contributed by atoms with E-state index in [1.54, 1.807) is 25.3 Å². The fourth-order valence-corrected chi connectivity index (χ4v) is 4.87. The Labute approximate surface area is 210 Å². The van der Waals surface area contributed by atoms with Gasteiger partial charge in [0.25, 0.3) is 5.91 Å². The molecule has 3 aromatic carbocycles. The lowest BCUT2D eigenvalue weighted by Crippen LogP contribution is -2.39. The molecule has 1 amide bonds. The van der Waals surface area contributed by atoms with E-state index in [2.05, 4.69) is 10.6 Å². The van der Waals surface area contributed by atoms with Crippen LogP contribution >= 0.6 is 11.6 Å². The quantitative estimate of drug-likeness (QED) is 0.328. The summed E-state index contributed by atoms with van der Waals surface area (Å²) in [7, 11) is 1.57. The van der Waals surface area contributed by atoms with Crippen molar-refractivity contribution in [2.24, 2.45) is 5.92 Å². The average molecular weight is 490 g/mol. The molecule has 6 nitrogen and oxygen atoms in total. The van der Waals surface area contributed by atoms with E-state index in [0.717, 1.165) is 42.0 Å². The van der Waals surface area contributed by atoms with E-state index in [-0.39, 0.29) is 5.91 Å². The summed E-state index contributed by atoms with van der Waals surface area (Å²) in [5.74, 6) is 2.70. The SMILES string of the molecule is COc1ccc(Cl)cc1C(=O)N1CCC(Cn2c(COc3ccccc3)nc3ccccc32)CC1. The molecule has 1 aliphatic rings. The predicted octanol–water partition coefficient (Wildman–Crippen LogP) is 5.83. The topological polar surface area (TPSA) is 56.6 Å². The minimum Gasteiger partial charge on any atom is -0.496 e. The Balaban J connectivity index is 1.28. The Hall–Kier alpha value is -3.51. The van der Waals surface area contributed by atoms with Crippen LogP contribution in [-0.2, 0) is 13.2 Å². The van der Waals surface area contributed by atoms with E-state index in [9.17, 15) is 4.79 Å². The summed E-state index contributed by atoms with van der Waals surface area (Å²) in [4.78, 5) is 19.9. The monoisotopic (exact) mass is 489 g/mol. The second-order valence-electron chi connectivity index (χ2n) is 8.81. The second-order valence-corrected chi connectivity index (χ2v) is 9.25. The molecule has 0 spiro atoms. The molecule has 7 heteroatoms. The van der Waals surface area contributed by atoms with Crippen LogP contribution in [0.25, 0.3) is 11.0 Å². The summed E-state index contributed by atoms with van der Waals surface area (Å²) in [6.45, 7) is 2.64. The van der Waals surface area contributed by atoms with Crippen molar-refractivity contribution in [2.75, 3.05) is 20.2 Å². The molecule has 4 aromatic rings. The van der Waals surface area contributed by atoms with E-state index in [1.165, 1.54) is 0 Å². The number of benzene rings is 3. The van der Waals surface area contributed by atoms with Crippen LogP contribution in [0, 0.1) is 5.92 Å². The molecular formula is C28H28ClN3O3. The Kier molecular flexibility index (Phi) is 6.91. The highest BCUT2D eigenvalue weighted by Crippen LogP contribution is 2.28. The lowest BCUT2D eigenvalue weighted by Gasteiger charge is -2.33. The fraction of sp³-hybridized carbons (Fsp3) is 0.286. The molecule has 1 saturated heterocycles. The van der Waals surface area contributed by atoms with Gasteiger partial charge in [-0.1, -0.05) is 41.9 Å². The molecule has 0 radical (unpaired) electrons. The molecular weight excluding hydrogens is 462 g/mol. The van der Waals surface area contributed by atoms with Crippen LogP contribution in [0.1, 0.15) is 29.0 Å². The first-order valence-corrected chi connectivity index (χ1v) is 12.2. The Morgan fingerprint density at radius 3 is 2.54 bits per heavy atom. The lowest BCUT2D eigenvalue weighted by molar-refractivity contribution is 0.0679. The number of aromatic nitrogens is 2. The highest BCUT2D eigenvalue weighted by molar-refractivity contribution is 6.31. The van der Waals surface area contributed by atoms with Crippen LogP contribution < -0.4 is 9.47 Å². The summed E-state index contributed by atoms with van der Waals surface area (Å²) >= 11 is 6.14. The number of likely N-dealkylation sites (tertiary alicyclic amines) is 1. The molecule has 0 atom stereocenters. The molecule has 1 fully saturated rings. The predicted molar refractivity (Wildman–Crippen MR) is 137 cm³/mol. The molecule has 0 N–H and O–H groups in total. The number of hydrogen-bond acceptors (Lipinski definition) is 4. The Bertz CT molecular complexity index is 1310. The van der Waals surface area contributed by atoms with Crippen molar-refractivity contribution < 1.29 is 14.3 Å². The van der Waals surface area contributed by atoms with Gasteiger partial charge >= 0.3 is 0 Å². The zero-order chi connectivity index (χ0) is 24.2. The van der Waals surface area contributed by atoms with Gasteiger partial charge in [0.15, 0.2) is 0 Å². The summed E-state index contributed by atoms with van der Waals surface area (Å²) in [6.07, 6.45) is 1.83. The number of piperidine rings is 1. The number of hydrogen-bond donors (Lipinski definition) is 0. The number of methoxy groups -OCH3 is 1. The minimum atomic E-state index is -0.0344. The molecule has 180 valence electrons. The van der Waals surface area contributed by atoms with Gasteiger partial charge in [0.2, 0.25) is 0 Å². The lowest BCUT2D eigenvalue weighted by atomic mass is 9.96. The zero-order valence-electron chi connectivity index (χ0n) is 19.7. The van der Waals surface area contributed by atoms with Gasteiger partial charge in [0.1, 0.15) is 23.9 Å². The molecule has 2 heterocycles. The highest BCUT2D eigenvalue weighted by atomic mass is 35.5. The van der Waals surface area contributed by atoms with Crippen molar-refractivity contribution in [3.05, 3.63) is 89.2 Å². The standard InChI is InChI=1S/C28H28ClN3O3/c1-34-26-12-11-21(29)17-23(26)28(33)31-15-13-20(14-16-31)18-32-25-10-6-5-9-24(25)30-27(32)19-35-22-7-3-2-4-8-22/h2-12,17,20H,13-16,18-19H2,1H3. The number of carbonyl (C=O) groups is 1. The van der Waals surface area contributed by atoms with Crippen LogP contribution in [-0.4, -0.2) is 40.6 Å². The highest BCUT2D eigenvalue weighted by Gasteiger charge is 2.27. The van der Waals surface area contributed by atoms with Crippen molar-refractivity contribution >= 4 is 28.5 Å². The maximum Gasteiger partial charge on any atom is 0.257 e. The van der Waals surface area contributed by atoms with Gasteiger partial charge in [-0.25, -0.2) is 4.98 Å². The summed E-state index contributed by atoms with van der Waals surface area (Å²) in [6, 6.07) is 23.2. The number of fused-ring (bicyclic) bond motifs is 1. The molecule has 1 aromatic heterocycles. The molecule has 0 aliphatic carbocycles. The third-order valence-corrected chi connectivity index (χ3v) is 6.81. The van der Waals surface area contributed by atoms with E-state index < -0.39 is 0 Å². The summed E-state index contributed by atoms with van der Waals surface area (Å²) in [5.41, 5.74) is 2.60. The van der Waals surface area contributed by atoms with Gasteiger partial charge in [-0.15, -0.1) is 0 Å². The van der Waals surface area contributed by atoms with Gasteiger partial charge in [-0.2, -0.15) is 0 Å². The van der Waals surface area contributed by atoms with Gasteiger partial charge in [-0.05, 0) is 61.2 Å². The van der Waals surface area contributed by atoms with Crippen molar-refractivity contribution in [1.29, 1.82) is 0 Å². The number of carbonyl (C=O) groups excluding carboxylic acids is 1. The number of amides is 1. The zero-order valence-corrected chi connectivity index (χ0v) is 20.4. The maximum absolute atomic E-state index is 13.2. The van der Waals surface area contributed by atoms with Gasteiger partial charge in [0, 0.05) is 24.7 Å². The molecule has 5 rings (SSSR count). The smallest absolute Gasteiger partial charge is 0.257 e. The Morgan fingerprint density at radius 1 is 1.03 bits per heavy atom. The van der Waals surface area contributed by atoms with Crippen LogP contribution in [0.5, 0.6) is 11.5 Å². The first-order valence-electron chi connectivity index (χ1n) is 11.9. The number of nitrogens with zero attached hydrogens (tertiary/aromatic N) is 3. The van der Waals surface area contributed by atoms with Crippen molar-refractivity contribution in [1.82, 2.24) is 14.5 Å². The normalized spacial score (nSPS) is 14.3.